The summed E-state index contributed by atoms with van der Waals surface area (Å²) in [5, 5.41) is 10.4. The molecule has 0 radical (unpaired) electrons. The Bertz CT molecular complexity index is 758. The van der Waals surface area contributed by atoms with Crippen LogP contribution in [0, 0.1) is 5.82 Å². The lowest BCUT2D eigenvalue weighted by Gasteiger charge is -1.99. The number of aromatic nitrogens is 4. The van der Waals surface area contributed by atoms with Crippen molar-refractivity contribution < 1.29 is 4.39 Å². The van der Waals surface area contributed by atoms with Gasteiger partial charge >= 0.3 is 0 Å². The van der Waals surface area contributed by atoms with Crippen LogP contribution in [0.3, 0.4) is 0 Å². The van der Waals surface area contributed by atoms with Crippen LogP contribution in [-0.2, 0) is 0 Å². The fourth-order valence-electron chi connectivity index (χ4n) is 1.73. The molecule has 2 aromatic heterocycles. The van der Waals surface area contributed by atoms with Crippen LogP contribution in [0.1, 0.15) is 0 Å². The molecule has 0 saturated heterocycles. The first-order valence-electron chi connectivity index (χ1n) is 5.61. The maximum atomic E-state index is 13.6. The SMILES string of the molecule is O=c1ccc(-n2ccc(-c3ccccc3F)n2)n[nH]1. The van der Waals surface area contributed by atoms with Crippen LogP contribution in [0.25, 0.3) is 17.1 Å². The molecular weight excluding hydrogens is 247 g/mol. The largest absolute Gasteiger partial charge is 0.268 e. The molecule has 0 bridgehead atoms. The number of hydrogen-bond donors (Lipinski definition) is 1. The lowest BCUT2D eigenvalue weighted by Crippen LogP contribution is -2.09. The molecule has 1 N–H and O–H groups in total. The number of hydrogen-bond acceptors (Lipinski definition) is 3. The first kappa shape index (κ1) is 11.3. The Balaban J connectivity index is 2.02. The van der Waals surface area contributed by atoms with E-state index in [0.29, 0.717) is 17.1 Å². The number of H-pyrrole nitrogens is 1. The molecule has 0 amide bonds. The molecule has 19 heavy (non-hydrogen) atoms. The average Bonchev–Trinajstić information content (AvgIpc) is 2.89. The zero-order chi connectivity index (χ0) is 13.2. The molecule has 94 valence electrons. The van der Waals surface area contributed by atoms with E-state index in [-0.39, 0.29) is 11.4 Å². The summed E-state index contributed by atoms with van der Waals surface area (Å²) in [5.41, 5.74) is 0.641. The van der Waals surface area contributed by atoms with Crippen LogP contribution in [0.15, 0.2) is 53.5 Å². The third kappa shape index (κ3) is 2.15. The van der Waals surface area contributed by atoms with Crippen LogP contribution in [-0.4, -0.2) is 20.0 Å². The molecule has 5 nitrogen and oxygen atoms in total. The molecule has 0 spiro atoms. The van der Waals surface area contributed by atoms with Crippen molar-refractivity contribution in [1.82, 2.24) is 20.0 Å². The minimum Gasteiger partial charge on any atom is -0.268 e. The second-order valence-electron chi connectivity index (χ2n) is 3.90. The van der Waals surface area contributed by atoms with E-state index < -0.39 is 0 Å². The van der Waals surface area contributed by atoms with Gasteiger partial charge in [-0.1, -0.05) is 12.1 Å². The van der Waals surface area contributed by atoms with Crippen molar-refractivity contribution in [1.29, 1.82) is 0 Å². The third-order valence-electron chi connectivity index (χ3n) is 2.64. The Morgan fingerprint density at radius 3 is 2.68 bits per heavy atom. The van der Waals surface area contributed by atoms with Gasteiger partial charge in [0, 0.05) is 17.8 Å². The normalized spacial score (nSPS) is 10.6. The summed E-state index contributed by atoms with van der Waals surface area (Å²) in [5.74, 6) is 0.129. The van der Waals surface area contributed by atoms with E-state index in [0.717, 1.165) is 0 Å². The van der Waals surface area contributed by atoms with Crippen molar-refractivity contribution in [3.63, 3.8) is 0 Å². The Morgan fingerprint density at radius 2 is 1.95 bits per heavy atom. The van der Waals surface area contributed by atoms with Gasteiger partial charge in [-0.15, -0.1) is 0 Å². The molecule has 0 unspecified atom stereocenters. The predicted molar refractivity (Wildman–Crippen MR) is 67.4 cm³/mol. The van der Waals surface area contributed by atoms with Crippen molar-refractivity contribution in [2.75, 3.05) is 0 Å². The van der Waals surface area contributed by atoms with Gasteiger partial charge in [-0.05, 0) is 24.3 Å². The number of nitrogens with one attached hydrogen (secondary N) is 1. The van der Waals surface area contributed by atoms with Crippen LogP contribution in [0.4, 0.5) is 4.39 Å². The maximum Gasteiger partial charge on any atom is 0.264 e. The third-order valence-corrected chi connectivity index (χ3v) is 2.64. The van der Waals surface area contributed by atoms with Crippen LogP contribution < -0.4 is 5.56 Å². The highest BCUT2D eigenvalue weighted by Crippen LogP contribution is 2.20. The van der Waals surface area contributed by atoms with Gasteiger partial charge in [0.15, 0.2) is 5.82 Å². The van der Waals surface area contributed by atoms with Crippen molar-refractivity contribution in [3.05, 3.63) is 64.8 Å². The first-order chi connectivity index (χ1) is 9.24. The van der Waals surface area contributed by atoms with E-state index in [4.69, 9.17) is 0 Å². The topological polar surface area (TPSA) is 63.6 Å². The van der Waals surface area contributed by atoms with E-state index in [1.54, 1.807) is 30.5 Å². The molecule has 3 aromatic rings. The highest BCUT2D eigenvalue weighted by atomic mass is 19.1. The lowest BCUT2D eigenvalue weighted by atomic mass is 10.1. The van der Waals surface area contributed by atoms with E-state index in [1.807, 2.05) is 0 Å². The zero-order valence-corrected chi connectivity index (χ0v) is 9.75. The fourth-order valence-corrected chi connectivity index (χ4v) is 1.73. The first-order valence-corrected chi connectivity index (χ1v) is 5.61. The minimum atomic E-state index is -0.331. The average molecular weight is 256 g/mol. The monoisotopic (exact) mass is 256 g/mol. The van der Waals surface area contributed by atoms with Crippen LogP contribution in [0.2, 0.25) is 0 Å². The summed E-state index contributed by atoms with van der Waals surface area (Å²) < 4.78 is 15.1. The molecule has 0 aliphatic heterocycles. The molecule has 2 heterocycles. The summed E-state index contributed by atoms with van der Waals surface area (Å²) in [6, 6.07) is 11.0. The molecule has 0 saturated carbocycles. The van der Waals surface area contributed by atoms with Gasteiger partial charge in [0.05, 0.1) is 5.69 Å². The zero-order valence-electron chi connectivity index (χ0n) is 9.75. The van der Waals surface area contributed by atoms with E-state index in [9.17, 15) is 9.18 Å². The van der Waals surface area contributed by atoms with E-state index in [2.05, 4.69) is 15.3 Å². The summed E-state index contributed by atoms with van der Waals surface area (Å²) in [4.78, 5) is 10.9. The van der Waals surface area contributed by atoms with Gasteiger partial charge in [-0.3, -0.25) is 4.79 Å². The molecule has 0 aliphatic carbocycles. The van der Waals surface area contributed by atoms with E-state index >= 15 is 0 Å². The summed E-state index contributed by atoms with van der Waals surface area (Å²) in [7, 11) is 0. The Morgan fingerprint density at radius 1 is 1.11 bits per heavy atom. The van der Waals surface area contributed by atoms with Crippen molar-refractivity contribution in [3.8, 4) is 17.1 Å². The smallest absolute Gasteiger partial charge is 0.264 e. The molecule has 0 fully saturated rings. The Hall–Kier alpha value is -2.76. The maximum absolute atomic E-state index is 13.6. The minimum absolute atomic E-state index is 0.287. The highest BCUT2D eigenvalue weighted by molar-refractivity contribution is 5.59. The van der Waals surface area contributed by atoms with Gasteiger partial charge in [0.25, 0.3) is 5.56 Å². The van der Waals surface area contributed by atoms with Gasteiger partial charge in [0.1, 0.15) is 5.82 Å². The van der Waals surface area contributed by atoms with Crippen molar-refractivity contribution in [2.45, 2.75) is 0 Å². The lowest BCUT2D eigenvalue weighted by molar-refractivity contribution is 0.630. The molecular formula is C13H9FN4O. The number of aromatic amines is 1. The second-order valence-corrected chi connectivity index (χ2v) is 3.90. The van der Waals surface area contributed by atoms with Crippen molar-refractivity contribution in [2.24, 2.45) is 0 Å². The number of halogens is 1. The molecule has 0 atom stereocenters. The highest BCUT2D eigenvalue weighted by Gasteiger charge is 2.08. The van der Waals surface area contributed by atoms with Gasteiger partial charge < -0.3 is 0 Å². The predicted octanol–water partition coefficient (Wildman–Crippen LogP) is 1.76. The van der Waals surface area contributed by atoms with Crippen molar-refractivity contribution >= 4 is 0 Å². The summed E-state index contributed by atoms with van der Waals surface area (Å²) >= 11 is 0. The molecule has 1 aromatic carbocycles. The number of benzene rings is 1. The molecule has 0 aliphatic rings. The number of rotatable bonds is 2. The summed E-state index contributed by atoms with van der Waals surface area (Å²) in [6.45, 7) is 0. The van der Waals surface area contributed by atoms with E-state index in [1.165, 1.54) is 22.9 Å². The van der Waals surface area contributed by atoms with Crippen LogP contribution in [0.5, 0.6) is 0 Å². The Labute approximate surface area is 107 Å². The van der Waals surface area contributed by atoms with Gasteiger partial charge in [-0.25, -0.2) is 14.2 Å². The Kier molecular flexibility index (Phi) is 2.68. The van der Waals surface area contributed by atoms with Gasteiger partial charge in [0.2, 0.25) is 0 Å². The van der Waals surface area contributed by atoms with Gasteiger partial charge in [-0.2, -0.15) is 10.2 Å². The molecule has 3 rings (SSSR count). The molecule has 6 heteroatoms. The second kappa shape index (κ2) is 4.49. The van der Waals surface area contributed by atoms with Crippen LogP contribution >= 0.6 is 0 Å². The summed E-state index contributed by atoms with van der Waals surface area (Å²) in [6.07, 6.45) is 1.66. The fraction of sp³-hybridized carbons (Fsp3) is 0. The quantitative estimate of drug-likeness (QED) is 0.759. The standard InChI is InChI=1S/C13H9FN4O/c14-10-4-2-1-3-9(10)11-7-8-18(17-11)12-5-6-13(19)16-15-12/h1-8H,(H,16,19). The number of nitrogens with zero attached hydrogens (tertiary/aromatic N) is 3.